The molecule has 0 fully saturated rings. The number of carbonyl (C=O) groups is 1. The number of hydrogen-bond acceptors (Lipinski definition) is 5. The van der Waals surface area contributed by atoms with Gasteiger partial charge in [-0.1, -0.05) is 10.3 Å². The molecule has 0 heterocycles. The maximum absolute atomic E-state index is 10.1. The second kappa shape index (κ2) is 5.11. The third-order valence-electron chi connectivity index (χ3n) is 1.26. The van der Waals surface area contributed by atoms with E-state index in [1.807, 2.05) is 0 Å². The Kier molecular flexibility index (Phi) is 4.43. The molecule has 68 valence electrons. The van der Waals surface area contributed by atoms with Gasteiger partial charge in [0.1, 0.15) is 11.4 Å². The summed E-state index contributed by atoms with van der Waals surface area (Å²) in [5.74, 6) is -0.998. The van der Waals surface area contributed by atoms with Crippen LogP contribution in [0.25, 0.3) is 0 Å². The Hall–Kier alpha value is -1.59. The van der Waals surface area contributed by atoms with E-state index < -0.39 is 5.97 Å². The lowest BCUT2D eigenvalue weighted by Crippen LogP contribution is -2.12. The van der Waals surface area contributed by atoms with E-state index in [0.717, 1.165) is 0 Å². The fraction of sp³-hybridized carbons (Fsp3) is 0.500. The van der Waals surface area contributed by atoms with Gasteiger partial charge in [0.15, 0.2) is 0 Å². The van der Waals surface area contributed by atoms with Crippen LogP contribution in [0, 0.1) is 0 Å². The summed E-state index contributed by atoms with van der Waals surface area (Å²) in [6.07, 6.45) is -0.117. The van der Waals surface area contributed by atoms with E-state index in [1.54, 1.807) is 0 Å². The Morgan fingerprint density at radius 2 is 1.83 bits per heavy atom. The first kappa shape index (κ1) is 10.4. The lowest BCUT2D eigenvalue weighted by molar-refractivity contribution is -0.136. The normalized spacial score (nSPS) is 13.1. The number of carboxylic acids is 1. The fourth-order valence-electron chi connectivity index (χ4n) is 0.586. The second-order valence-electron chi connectivity index (χ2n) is 2.13. The van der Waals surface area contributed by atoms with Crippen molar-refractivity contribution in [2.45, 2.75) is 19.8 Å². The highest BCUT2D eigenvalue weighted by atomic mass is 16.4. The zero-order chi connectivity index (χ0) is 9.56. The molecule has 0 aromatic heterocycles. The third-order valence-corrected chi connectivity index (χ3v) is 1.26. The summed E-state index contributed by atoms with van der Waals surface area (Å²) in [6, 6.07) is 0. The van der Waals surface area contributed by atoms with Gasteiger partial charge in [0, 0.05) is 6.42 Å². The van der Waals surface area contributed by atoms with Crippen molar-refractivity contribution >= 4 is 17.4 Å². The van der Waals surface area contributed by atoms with Crippen LogP contribution in [0.1, 0.15) is 19.8 Å². The smallest absolute Gasteiger partial charge is 0.303 e. The molecular formula is C6H10N2O4. The summed E-state index contributed by atoms with van der Waals surface area (Å²) < 4.78 is 0. The van der Waals surface area contributed by atoms with Gasteiger partial charge < -0.3 is 15.5 Å². The molecule has 0 rings (SSSR count). The Morgan fingerprint density at radius 1 is 1.25 bits per heavy atom. The number of rotatable bonds is 4. The second-order valence-corrected chi connectivity index (χ2v) is 2.13. The number of hydrogen-bond donors (Lipinski definition) is 3. The summed E-state index contributed by atoms with van der Waals surface area (Å²) in [4.78, 5) is 10.1. The van der Waals surface area contributed by atoms with Crippen LogP contribution in [0.3, 0.4) is 0 Å². The monoisotopic (exact) mass is 174 g/mol. The van der Waals surface area contributed by atoms with Crippen molar-refractivity contribution in [2.75, 3.05) is 0 Å². The molecule has 0 saturated heterocycles. The van der Waals surface area contributed by atoms with Crippen LogP contribution in [0.15, 0.2) is 10.3 Å². The molecule has 0 aromatic rings. The molecule has 0 amide bonds. The average molecular weight is 174 g/mol. The van der Waals surface area contributed by atoms with E-state index >= 15 is 0 Å². The fourth-order valence-corrected chi connectivity index (χ4v) is 0.586. The lowest BCUT2D eigenvalue weighted by atomic mass is 10.1. The van der Waals surface area contributed by atoms with Crippen LogP contribution in [0.5, 0.6) is 0 Å². The summed E-state index contributed by atoms with van der Waals surface area (Å²) in [5.41, 5.74) is 0.179. The maximum atomic E-state index is 10.1. The number of carboxylic acid groups (broad SMARTS) is 1. The van der Waals surface area contributed by atoms with Gasteiger partial charge in [-0.05, 0) is 6.92 Å². The first-order valence-corrected chi connectivity index (χ1v) is 3.23. The molecule has 0 aromatic carbocycles. The topological polar surface area (TPSA) is 102 Å². The summed E-state index contributed by atoms with van der Waals surface area (Å²) >= 11 is 0. The maximum Gasteiger partial charge on any atom is 0.303 e. The van der Waals surface area contributed by atoms with Crippen molar-refractivity contribution in [1.82, 2.24) is 0 Å². The zero-order valence-corrected chi connectivity index (χ0v) is 6.56. The Labute approximate surface area is 68.8 Å². The van der Waals surface area contributed by atoms with Crippen molar-refractivity contribution in [3.05, 3.63) is 0 Å². The van der Waals surface area contributed by atoms with Gasteiger partial charge in [0.2, 0.25) is 0 Å². The van der Waals surface area contributed by atoms with Crippen molar-refractivity contribution in [2.24, 2.45) is 10.3 Å². The first-order valence-electron chi connectivity index (χ1n) is 3.23. The molecule has 0 aliphatic carbocycles. The van der Waals surface area contributed by atoms with E-state index in [2.05, 4.69) is 10.3 Å². The Bertz CT molecular complexity index is 222. The first-order chi connectivity index (χ1) is 5.61. The van der Waals surface area contributed by atoms with Crippen LogP contribution in [0.4, 0.5) is 0 Å². The zero-order valence-electron chi connectivity index (χ0n) is 6.56. The minimum absolute atomic E-state index is 0.0434. The van der Waals surface area contributed by atoms with Crippen LogP contribution >= 0.6 is 0 Å². The molecule has 0 saturated carbocycles. The number of aliphatic carboxylic acids is 1. The highest BCUT2D eigenvalue weighted by Crippen LogP contribution is 1.95. The van der Waals surface area contributed by atoms with Crippen molar-refractivity contribution in [3.8, 4) is 0 Å². The molecule has 0 bridgehead atoms. The quantitative estimate of drug-likeness (QED) is 0.328. The molecule has 0 unspecified atom stereocenters. The molecule has 0 atom stereocenters. The van der Waals surface area contributed by atoms with E-state index in [0.29, 0.717) is 0 Å². The van der Waals surface area contributed by atoms with Gasteiger partial charge in [-0.3, -0.25) is 4.79 Å². The van der Waals surface area contributed by atoms with Crippen molar-refractivity contribution in [1.29, 1.82) is 0 Å². The lowest BCUT2D eigenvalue weighted by Gasteiger charge is -1.98. The van der Waals surface area contributed by atoms with Crippen molar-refractivity contribution in [3.63, 3.8) is 0 Å². The highest BCUT2D eigenvalue weighted by molar-refractivity contribution is 6.41. The number of nitrogens with zero attached hydrogens (tertiary/aromatic N) is 2. The minimum atomic E-state index is -0.998. The minimum Gasteiger partial charge on any atom is -0.481 e. The number of oxime groups is 2. The molecule has 0 radical (unpaired) electrons. The summed E-state index contributed by atoms with van der Waals surface area (Å²) in [6.45, 7) is 1.41. The summed E-state index contributed by atoms with van der Waals surface area (Å²) in [7, 11) is 0. The molecule has 0 spiro atoms. The molecule has 6 heteroatoms. The van der Waals surface area contributed by atoms with E-state index in [1.165, 1.54) is 6.92 Å². The third kappa shape index (κ3) is 3.55. The van der Waals surface area contributed by atoms with Gasteiger partial charge in [-0.15, -0.1) is 0 Å². The Morgan fingerprint density at radius 3 is 2.17 bits per heavy atom. The van der Waals surface area contributed by atoms with E-state index in [-0.39, 0.29) is 24.3 Å². The summed E-state index contributed by atoms with van der Waals surface area (Å²) in [5, 5.41) is 30.4. The molecule has 12 heavy (non-hydrogen) atoms. The molecular weight excluding hydrogens is 164 g/mol. The van der Waals surface area contributed by atoms with Crippen LogP contribution in [0.2, 0.25) is 0 Å². The van der Waals surface area contributed by atoms with Gasteiger partial charge in [-0.25, -0.2) is 0 Å². The SMILES string of the molecule is CC(=N\O)/C(CCC(=O)O)=N\O. The standard InChI is InChI=1S/C6H10N2O4/c1-4(7-11)5(8-12)2-3-6(9)10/h11-12H,2-3H2,1H3,(H,9,10)/b7-4+,8-5-. The molecule has 6 nitrogen and oxygen atoms in total. The van der Waals surface area contributed by atoms with Gasteiger partial charge >= 0.3 is 5.97 Å². The van der Waals surface area contributed by atoms with E-state index in [9.17, 15) is 4.79 Å². The molecule has 0 aliphatic heterocycles. The van der Waals surface area contributed by atoms with Gasteiger partial charge in [-0.2, -0.15) is 0 Å². The van der Waals surface area contributed by atoms with Gasteiger partial charge in [0.05, 0.1) is 6.42 Å². The Balaban J connectivity index is 4.12. The van der Waals surface area contributed by atoms with Crippen LogP contribution in [-0.2, 0) is 4.79 Å². The van der Waals surface area contributed by atoms with Crippen LogP contribution in [-0.4, -0.2) is 32.9 Å². The average Bonchev–Trinajstić information content (AvgIpc) is 2.04. The van der Waals surface area contributed by atoms with Crippen molar-refractivity contribution < 1.29 is 20.3 Å². The highest BCUT2D eigenvalue weighted by Gasteiger charge is 2.07. The predicted molar refractivity (Wildman–Crippen MR) is 41.0 cm³/mol. The van der Waals surface area contributed by atoms with E-state index in [4.69, 9.17) is 15.5 Å². The predicted octanol–water partition coefficient (Wildman–Crippen LogP) is 0.531. The van der Waals surface area contributed by atoms with Crippen LogP contribution < -0.4 is 0 Å². The molecule has 3 N–H and O–H groups in total. The largest absolute Gasteiger partial charge is 0.481 e. The molecule has 0 aliphatic rings. The van der Waals surface area contributed by atoms with Gasteiger partial charge in [0.25, 0.3) is 0 Å².